The normalized spacial score (nSPS) is 21.8. The van der Waals surface area contributed by atoms with E-state index in [4.69, 9.17) is 5.73 Å². The van der Waals surface area contributed by atoms with Crippen LogP contribution in [0, 0.1) is 24.2 Å². The Morgan fingerprint density at radius 1 is 1.08 bits per heavy atom. The first-order valence-electron chi connectivity index (χ1n) is 13.8. The van der Waals surface area contributed by atoms with Gasteiger partial charge >= 0.3 is 0 Å². The van der Waals surface area contributed by atoms with Crippen LogP contribution in [0.5, 0.6) is 0 Å². The summed E-state index contributed by atoms with van der Waals surface area (Å²) in [6.07, 6.45) is 4.92. The van der Waals surface area contributed by atoms with Crippen molar-refractivity contribution in [3.05, 3.63) is 59.2 Å². The highest BCUT2D eigenvalue weighted by molar-refractivity contribution is 6.06. The lowest BCUT2D eigenvalue weighted by molar-refractivity contribution is -0.121. The van der Waals surface area contributed by atoms with Crippen LogP contribution in [0.4, 0.5) is 11.4 Å². The second kappa shape index (κ2) is 11.7. The van der Waals surface area contributed by atoms with Gasteiger partial charge in [0.15, 0.2) is 0 Å². The predicted octanol–water partition coefficient (Wildman–Crippen LogP) is 5.34. The Kier molecular flexibility index (Phi) is 8.56. The molecule has 1 heterocycles. The molecule has 4 rings (SSSR count). The molecule has 1 saturated carbocycles. The highest BCUT2D eigenvalue weighted by atomic mass is 16.2. The molecule has 3 unspecified atom stereocenters. The van der Waals surface area contributed by atoms with Gasteiger partial charge in [-0.05, 0) is 73.7 Å². The number of nitrogens with one attached hydrogen (secondary N) is 2. The van der Waals surface area contributed by atoms with E-state index in [1.165, 1.54) is 6.42 Å². The van der Waals surface area contributed by atoms with Crippen LogP contribution in [0.15, 0.2) is 42.5 Å². The minimum Gasteiger partial charge on any atom is -0.352 e. The van der Waals surface area contributed by atoms with Gasteiger partial charge in [-0.2, -0.15) is 0 Å². The summed E-state index contributed by atoms with van der Waals surface area (Å²) in [6, 6.07) is 12.8. The molecule has 0 saturated heterocycles. The molecule has 0 radical (unpaired) electrons. The summed E-state index contributed by atoms with van der Waals surface area (Å²) in [4.78, 5) is 41.6. The van der Waals surface area contributed by atoms with Gasteiger partial charge in [0.25, 0.3) is 5.91 Å². The summed E-state index contributed by atoms with van der Waals surface area (Å²) in [7, 11) is 0. The average molecular weight is 519 g/mol. The molecular weight excluding hydrogens is 476 g/mol. The zero-order valence-electron chi connectivity index (χ0n) is 23.2. The van der Waals surface area contributed by atoms with Crippen LogP contribution in [0.3, 0.4) is 0 Å². The Hall–Kier alpha value is -3.19. The number of carbonyl (C=O) groups is 3. The quantitative estimate of drug-likeness (QED) is 0.480. The number of aryl methyl sites for hydroxylation is 1. The minimum atomic E-state index is -0.437. The number of fused-ring (bicyclic) bond motifs is 1. The molecule has 7 nitrogen and oxygen atoms in total. The van der Waals surface area contributed by atoms with E-state index in [-0.39, 0.29) is 29.6 Å². The zero-order chi connectivity index (χ0) is 27.4. The maximum atomic E-state index is 13.7. The molecule has 3 amide bonds. The maximum Gasteiger partial charge on any atom is 0.251 e. The van der Waals surface area contributed by atoms with Crippen LogP contribution in [0.1, 0.15) is 86.8 Å². The first kappa shape index (κ1) is 27.8. The first-order chi connectivity index (χ1) is 18.0. The van der Waals surface area contributed by atoms with Crippen molar-refractivity contribution in [3.8, 4) is 0 Å². The molecule has 38 heavy (non-hydrogen) atoms. The number of carbonyl (C=O) groups excluding carboxylic acids is 3. The topological polar surface area (TPSA) is 105 Å². The van der Waals surface area contributed by atoms with Crippen molar-refractivity contribution in [2.45, 2.75) is 72.3 Å². The number of benzene rings is 2. The smallest absolute Gasteiger partial charge is 0.251 e. The van der Waals surface area contributed by atoms with E-state index in [2.05, 4.69) is 10.6 Å². The van der Waals surface area contributed by atoms with Crippen LogP contribution in [0.25, 0.3) is 0 Å². The molecule has 2 aromatic carbocycles. The Labute approximate surface area is 226 Å². The summed E-state index contributed by atoms with van der Waals surface area (Å²) >= 11 is 0. The third-order valence-electron chi connectivity index (χ3n) is 7.67. The number of anilines is 2. The van der Waals surface area contributed by atoms with Gasteiger partial charge in [-0.3, -0.25) is 14.4 Å². The molecular formula is C31H42N4O3. The standard InChI is InChI=1S/C31H42N4O3/c1-20-8-10-23(11-9-20)27-16-28(36)34-25-15-24(12-13-26(25)35(27)29(37)17-31(2,3)4)30(38)33-19-22-7-5-6-21(14-22)18-32/h8-13,15,21-22,27H,5-7,14,16-19,32H2,1-4H3,(H,33,38)(H,34,36). The second-order valence-corrected chi connectivity index (χ2v) is 12.3. The fraction of sp³-hybridized carbons (Fsp3) is 0.516. The van der Waals surface area contributed by atoms with Crippen molar-refractivity contribution in [1.29, 1.82) is 0 Å². The van der Waals surface area contributed by atoms with Crippen LogP contribution in [-0.4, -0.2) is 30.8 Å². The van der Waals surface area contributed by atoms with Crippen molar-refractivity contribution in [2.75, 3.05) is 23.3 Å². The van der Waals surface area contributed by atoms with Gasteiger partial charge in [0.1, 0.15) is 0 Å². The molecule has 2 aliphatic rings. The van der Waals surface area contributed by atoms with Gasteiger partial charge in [0.2, 0.25) is 11.8 Å². The van der Waals surface area contributed by atoms with E-state index in [0.29, 0.717) is 48.3 Å². The van der Waals surface area contributed by atoms with Crippen molar-refractivity contribution in [2.24, 2.45) is 23.0 Å². The Morgan fingerprint density at radius 3 is 2.47 bits per heavy atom. The first-order valence-corrected chi connectivity index (χ1v) is 13.8. The van der Waals surface area contributed by atoms with E-state index in [1.807, 2.05) is 52.0 Å². The van der Waals surface area contributed by atoms with Crippen molar-refractivity contribution < 1.29 is 14.4 Å². The maximum absolute atomic E-state index is 13.7. The number of hydrogen-bond acceptors (Lipinski definition) is 4. The molecule has 1 fully saturated rings. The average Bonchev–Trinajstić information content (AvgIpc) is 3.02. The predicted molar refractivity (Wildman–Crippen MR) is 152 cm³/mol. The lowest BCUT2D eigenvalue weighted by atomic mass is 9.81. The molecule has 0 aromatic heterocycles. The van der Waals surface area contributed by atoms with Gasteiger partial charge in [-0.25, -0.2) is 0 Å². The Balaban J connectivity index is 1.62. The zero-order valence-corrected chi connectivity index (χ0v) is 23.2. The number of nitrogens with zero attached hydrogens (tertiary/aromatic N) is 1. The van der Waals surface area contributed by atoms with Gasteiger partial charge in [0.05, 0.1) is 23.8 Å². The molecule has 7 heteroatoms. The Bertz CT molecular complexity index is 1170. The summed E-state index contributed by atoms with van der Waals surface area (Å²) in [5.41, 5.74) is 9.24. The summed E-state index contributed by atoms with van der Waals surface area (Å²) in [5, 5.41) is 6.05. The van der Waals surface area contributed by atoms with Gasteiger partial charge in [-0.15, -0.1) is 0 Å². The highest BCUT2D eigenvalue weighted by Crippen LogP contribution is 2.40. The highest BCUT2D eigenvalue weighted by Gasteiger charge is 2.35. The number of rotatable bonds is 6. The molecule has 3 atom stereocenters. The molecule has 0 spiro atoms. The monoisotopic (exact) mass is 518 g/mol. The van der Waals surface area contributed by atoms with Crippen molar-refractivity contribution in [3.63, 3.8) is 0 Å². The van der Waals surface area contributed by atoms with Gasteiger partial charge < -0.3 is 21.3 Å². The summed E-state index contributed by atoms with van der Waals surface area (Å²) in [6.45, 7) is 9.42. The fourth-order valence-corrected chi connectivity index (χ4v) is 5.67. The second-order valence-electron chi connectivity index (χ2n) is 12.3. The van der Waals surface area contributed by atoms with E-state index in [9.17, 15) is 14.4 Å². The SMILES string of the molecule is Cc1ccc(C2CC(=O)Nc3cc(C(=O)NCC4CCCC(CN)C4)ccc3N2C(=O)CC(C)(C)C)cc1. The molecule has 0 bridgehead atoms. The number of amides is 3. The number of hydrogen-bond donors (Lipinski definition) is 3. The van der Waals surface area contributed by atoms with Crippen LogP contribution >= 0.6 is 0 Å². The number of nitrogens with two attached hydrogens (primary N) is 1. The summed E-state index contributed by atoms with van der Waals surface area (Å²) < 4.78 is 0. The molecule has 1 aliphatic heterocycles. The van der Waals surface area contributed by atoms with Crippen molar-refractivity contribution >= 4 is 29.1 Å². The van der Waals surface area contributed by atoms with E-state index >= 15 is 0 Å². The van der Waals surface area contributed by atoms with E-state index in [1.54, 1.807) is 23.1 Å². The molecule has 2 aromatic rings. The van der Waals surface area contributed by atoms with E-state index < -0.39 is 6.04 Å². The minimum absolute atomic E-state index is 0.0511. The Morgan fingerprint density at radius 2 is 1.79 bits per heavy atom. The third-order valence-corrected chi connectivity index (χ3v) is 7.67. The van der Waals surface area contributed by atoms with Crippen molar-refractivity contribution in [1.82, 2.24) is 5.32 Å². The van der Waals surface area contributed by atoms with Crippen LogP contribution in [0.2, 0.25) is 0 Å². The summed E-state index contributed by atoms with van der Waals surface area (Å²) in [5.74, 6) is 0.554. The molecule has 204 valence electrons. The van der Waals surface area contributed by atoms with Gasteiger partial charge in [-0.1, -0.05) is 57.0 Å². The van der Waals surface area contributed by atoms with Crippen LogP contribution < -0.4 is 21.3 Å². The van der Waals surface area contributed by atoms with Crippen LogP contribution in [-0.2, 0) is 9.59 Å². The molecule has 4 N–H and O–H groups in total. The largest absolute Gasteiger partial charge is 0.352 e. The lowest BCUT2D eigenvalue weighted by Gasteiger charge is -2.33. The lowest BCUT2D eigenvalue weighted by Crippen LogP contribution is -2.37. The fourth-order valence-electron chi connectivity index (χ4n) is 5.67. The molecule has 1 aliphatic carbocycles. The van der Waals surface area contributed by atoms with Gasteiger partial charge in [0, 0.05) is 18.5 Å². The van der Waals surface area contributed by atoms with E-state index in [0.717, 1.165) is 30.4 Å². The third kappa shape index (κ3) is 6.81.